The summed E-state index contributed by atoms with van der Waals surface area (Å²) in [6.07, 6.45) is -1.24. The summed E-state index contributed by atoms with van der Waals surface area (Å²) in [5.74, 6) is -2.52. The Bertz CT molecular complexity index is 2350. The molecule has 18 nitrogen and oxygen atoms in total. The van der Waals surface area contributed by atoms with E-state index >= 15 is 0 Å². The van der Waals surface area contributed by atoms with Crippen molar-refractivity contribution >= 4 is 64.7 Å². The molecule has 4 rings (SSSR count). The molecule has 0 bridgehead atoms. The number of sulfone groups is 1. The van der Waals surface area contributed by atoms with Gasteiger partial charge < -0.3 is 15.7 Å². The van der Waals surface area contributed by atoms with Gasteiger partial charge in [0, 0.05) is 28.9 Å². The van der Waals surface area contributed by atoms with Crippen molar-refractivity contribution in [3.63, 3.8) is 0 Å². The van der Waals surface area contributed by atoms with Crippen molar-refractivity contribution in [2.75, 3.05) is 10.6 Å². The Morgan fingerprint density at radius 1 is 0.938 bits per heavy atom. The van der Waals surface area contributed by atoms with Gasteiger partial charge in [0.15, 0.2) is 21.4 Å². The highest BCUT2D eigenvalue weighted by molar-refractivity contribution is 7.94. The third-order valence-electron chi connectivity index (χ3n) is 6.44. The zero-order chi connectivity index (χ0) is 35.6. The van der Waals surface area contributed by atoms with E-state index in [0.29, 0.717) is 0 Å². The van der Waals surface area contributed by atoms with Crippen molar-refractivity contribution in [1.82, 2.24) is 19.5 Å². The third kappa shape index (κ3) is 8.21. The monoisotopic (exact) mass is 724 g/mol. The predicted molar refractivity (Wildman–Crippen MR) is 169 cm³/mol. The number of aromatic hydroxyl groups is 1. The summed E-state index contributed by atoms with van der Waals surface area (Å²) < 4.78 is 105. The lowest BCUT2D eigenvalue weighted by Gasteiger charge is -2.14. The Balaban J connectivity index is 1.72. The number of rotatable bonds is 12. The molecule has 0 aliphatic carbocycles. The van der Waals surface area contributed by atoms with Gasteiger partial charge in [-0.1, -0.05) is 6.58 Å². The summed E-state index contributed by atoms with van der Waals surface area (Å²) in [7, 11) is -13.3. The van der Waals surface area contributed by atoms with E-state index in [0.717, 1.165) is 28.2 Å². The number of anilines is 4. The molecular weight excluding hydrogens is 700 g/mol. The summed E-state index contributed by atoms with van der Waals surface area (Å²) >= 11 is 0. The van der Waals surface area contributed by atoms with E-state index < -0.39 is 75.6 Å². The molecule has 2 aromatic heterocycles. The maximum Gasteiger partial charge on any atom is 0.315 e. The van der Waals surface area contributed by atoms with Crippen LogP contribution in [0.25, 0.3) is 0 Å². The highest BCUT2D eigenvalue weighted by Crippen LogP contribution is 2.33. The average molecular weight is 725 g/mol. The maximum atomic E-state index is 14.3. The van der Waals surface area contributed by atoms with Crippen LogP contribution in [0.1, 0.15) is 18.1 Å². The minimum absolute atomic E-state index is 0.0210. The van der Waals surface area contributed by atoms with Crippen LogP contribution in [-0.2, 0) is 42.4 Å². The Hall–Kier alpha value is -5.16. The van der Waals surface area contributed by atoms with Gasteiger partial charge in [0.05, 0.1) is 4.90 Å². The number of azo groups is 1. The van der Waals surface area contributed by atoms with E-state index in [1.165, 1.54) is 38.1 Å². The van der Waals surface area contributed by atoms with E-state index in [1.54, 1.807) is 0 Å². The Morgan fingerprint density at radius 3 is 2.06 bits per heavy atom. The molecule has 22 heteroatoms. The Labute approximate surface area is 272 Å². The Kier molecular flexibility index (Phi) is 10.1. The molecule has 0 radical (unpaired) electrons. The standard InChI is InChI=1S/C26H25FN8O10S3/c1-4-35-22(36)18(13-47(40,41)42)14(3)21(23(35)37)34-33-19-12-16(8-11-20(19)48(43,44)45)29-26-31-24(27)30-25(32-26)28-15-6-9-17(10-7-15)46(38,39)5-2/h5-12,36H,2,4,13H2,1,3H3,(H,40,41,42)(H,43,44,45)(H2,28,29,30,31,32). The number of halogens is 1. The van der Waals surface area contributed by atoms with Gasteiger partial charge in [0.2, 0.25) is 11.9 Å². The second kappa shape index (κ2) is 13.5. The van der Waals surface area contributed by atoms with Gasteiger partial charge in [-0.2, -0.15) is 36.2 Å². The van der Waals surface area contributed by atoms with Gasteiger partial charge in [-0.15, -0.1) is 10.2 Å². The van der Waals surface area contributed by atoms with E-state index in [-0.39, 0.29) is 39.9 Å². The fourth-order valence-corrected chi connectivity index (χ4v) is 6.19. The van der Waals surface area contributed by atoms with Gasteiger partial charge in [-0.05, 0) is 61.9 Å². The molecular formula is C26H25FN8O10S3. The first kappa shape index (κ1) is 35.7. The first-order valence-electron chi connectivity index (χ1n) is 13.2. The van der Waals surface area contributed by atoms with Crippen LogP contribution in [0.3, 0.4) is 0 Å². The van der Waals surface area contributed by atoms with Crippen LogP contribution in [0.4, 0.5) is 39.0 Å². The molecule has 0 fully saturated rings. The fourth-order valence-electron chi connectivity index (χ4n) is 4.16. The molecule has 0 amide bonds. The van der Waals surface area contributed by atoms with Crippen molar-refractivity contribution in [2.45, 2.75) is 35.9 Å². The summed E-state index contributed by atoms with van der Waals surface area (Å²) in [6, 6.07) is 8.34. The third-order valence-corrected chi connectivity index (χ3v) is 9.36. The van der Waals surface area contributed by atoms with Crippen molar-refractivity contribution in [2.24, 2.45) is 10.2 Å². The van der Waals surface area contributed by atoms with Crippen molar-refractivity contribution in [3.8, 4) is 5.88 Å². The molecule has 2 aromatic carbocycles. The lowest BCUT2D eigenvalue weighted by molar-refractivity contribution is 0.403. The number of hydrogen-bond donors (Lipinski definition) is 5. The van der Waals surface area contributed by atoms with Gasteiger partial charge in [0.25, 0.3) is 25.8 Å². The van der Waals surface area contributed by atoms with Gasteiger partial charge in [0.1, 0.15) is 16.3 Å². The Morgan fingerprint density at radius 2 is 1.52 bits per heavy atom. The molecule has 0 unspecified atom stereocenters. The van der Waals surface area contributed by atoms with Crippen LogP contribution in [0.5, 0.6) is 5.88 Å². The van der Waals surface area contributed by atoms with E-state index in [1.807, 2.05) is 0 Å². The lowest BCUT2D eigenvalue weighted by atomic mass is 10.1. The molecule has 2 heterocycles. The normalized spacial score (nSPS) is 12.3. The molecule has 254 valence electrons. The molecule has 0 saturated carbocycles. The summed E-state index contributed by atoms with van der Waals surface area (Å²) in [5.41, 5.74) is -2.29. The fraction of sp³-hybridized carbons (Fsp3) is 0.154. The number of nitrogens with zero attached hydrogens (tertiary/aromatic N) is 6. The second-order valence-corrected chi connectivity index (χ2v) is 14.4. The summed E-state index contributed by atoms with van der Waals surface area (Å²) in [6.45, 7) is 5.77. The van der Waals surface area contributed by atoms with E-state index in [2.05, 4.69) is 42.4 Å². The highest BCUT2D eigenvalue weighted by Gasteiger charge is 2.23. The summed E-state index contributed by atoms with van der Waals surface area (Å²) in [4.78, 5) is 23.3. The number of aromatic nitrogens is 4. The zero-order valence-electron chi connectivity index (χ0n) is 24.7. The minimum atomic E-state index is -4.93. The molecule has 0 saturated heterocycles. The van der Waals surface area contributed by atoms with Crippen LogP contribution in [0, 0.1) is 13.0 Å². The second-order valence-electron chi connectivity index (χ2n) is 9.65. The van der Waals surface area contributed by atoms with Crippen LogP contribution in [0.2, 0.25) is 0 Å². The van der Waals surface area contributed by atoms with Gasteiger partial charge >= 0.3 is 6.08 Å². The average Bonchev–Trinajstić information content (AvgIpc) is 2.98. The topological polar surface area (TPSA) is 273 Å². The molecule has 48 heavy (non-hydrogen) atoms. The maximum absolute atomic E-state index is 14.3. The number of hydrogen-bond acceptors (Lipinski definition) is 15. The molecule has 0 spiro atoms. The van der Waals surface area contributed by atoms with E-state index in [9.17, 15) is 48.7 Å². The molecule has 4 aromatic rings. The minimum Gasteiger partial charge on any atom is -0.494 e. The van der Waals surface area contributed by atoms with Gasteiger partial charge in [-0.25, -0.2) is 8.42 Å². The van der Waals surface area contributed by atoms with Gasteiger partial charge in [-0.3, -0.25) is 18.5 Å². The molecule has 0 aliphatic heterocycles. The van der Waals surface area contributed by atoms with Crippen LogP contribution < -0.4 is 16.2 Å². The van der Waals surface area contributed by atoms with Crippen molar-refractivity contribution in [1.29, 1.82) is 0 Å². The summed E-state index contributed by atoms with van der Waals surface area (Å²) in [5, 5.41) is 24.1. The zero-order valence-corrected chi connectivity index (χ0v) is 27.2. The predicted octanol–water partition coefficient (Wildman–Crippen LogP) is 3.66. The number of pyridine rings is 1. The van der Waals surface area contributed by atoms with Crippen LogP contribution in [-0.4, -0.2) is 59.0 Å². The molecule has 0 atom stereocenters. The SMILES string of the molecule is C=CS(=O)(=O)c1ccc(Nc2nc(F)nc(Nc3ccc(S(=O)(=O)O)c(N=Nc4c(C)c(CS(=O)(=O)O)c(O)n(CC)c4=O)c3)n2)cc1. The highest BCUT2D eigenvalue weighted by atomic mass is 32.2. The molecule has 5 N–H and O–H groups in total. The van der Waals surface area contributed by atoms with Crippen molar-refractivity contribution in [3.05, 3.63) is 82.0 Å². The lowest BCUT2D eigenvalue weighted by Crippen LogP contribution is -2.22. The largest absolute Gasteiger partial charge is 0.494 e. The smallest absolute Gasteiger partial charge is 0.315 e. The first-order valence-corrected chi connectivity index (χ1v) is 17.8. The number of benzene rings is 2. The first-order chi connectivity index (χ1) is 22.3. The molecule has 0 aliphatic rings. The van der Waals surface area contributed by atoms with Crippen molar-refractivity contribution < 1.29 is 43.9 Å². The number of nitrogens with one attached hydrogen (secondary N) is 2. The van der Waals surface area contributed by atoms with Crippen LogP contribution >= 0.6 is 0 Å². The van der Waals surface area contributed by atoms with E-state index in [4.69, 9.17) is 0 Å². The van der Waals surface area contributed by atoms with Crippen LogP contribution in [0.15, 0.2) is 79.3 Å². The quantitative estimate of drug-likeness (QED) is 0.103.